The van der Waals surface area contributed by atoms with Crippen molar-refractivity contribution < 1.29 is 24.1 Å². The third-order valence-electron chi connectivity index (χ3n) is 8.37. The molecule has 1 radical (unpaired) electrons. The van der Waals surface area contributed by atoms with E-state index < -0.39 is 24.0 Å². The molecule has 0 bridgehead atoms. The van der Waals surface area contributed by atoms with Gasteiger partial charge < -0.3 is 24.1 Å². The van der Waals surface area contributed by atoms with Crippen LogP contribution in [0, 0.1) is 6.07 Å². The van der Waals surface area contributed by atoms with E-state index in [4.69, 9.17) is 18.9 Å². The van der Waals surface area contributed by atoms with Crippen molar-refractivity contribution in [2.75, 3.05) is 20.8 Å². The van der Waals surface area contributed by atoms with Crippen molar-refractivity contribution in [2.45, 2.75) is 40.4 Å². The van der Waals surface area contributed by atoms with Crippen LogP contribution in [-0.4, -0.2) is 57.7 Å². The highest BCUT2D eigenvalue weighted by Gasteiger charge is 2.42. The maximum atomic E-state index is 11.3. The fourth-order valence-electron chi connectivity index (χ4n) is 5.99. The highest BCUT2D eigenvalue weighted by molar-refractivity contribution is 7.99. The molecule has 6 aromatic rings. The van der Waals surface area contributed by atoms with Gasteiger partial charge in [0.05, 0.1) is 33.3 Å². The largest absolute Gasteiger partial charge is 0.497 e. The first-order valence-corrected chi connectivity index (χ1v) is 16.0. The van der Waals surface area contributed by atoms with E-state index in [-0.39, 0.29) is 6.61 Å². The molecule has 1 fully saturated rings. The summed E-state index contributed by atoms with van der Waals surface area (Å²) in [5.41, 5.74) is 3.00. The molecule has 3 atom stereocenters. The minimum absolute atomic E-state index is 0.109. The van der Waals surface area contributed by atoms with Crippen molar-refractivity contribution in [3.05, 3.63) is 139 Å². The third-order valence-corrected chi connectivity index (χ3v) is 9.35. The highest BCUT2D eigenvalue weighted by atomic mass is 32.2. The number of fused-ring (bicyclic) bond motifs is 1. The Hall–Kier alpha value is -4.74. The van der Waals surface area contributed by atoms with E-state index in [9.17, 15) is 5.11 Å². The number of aliphatic hydroxyl groups is 1. The third kappa shape index (κ3) is 6.08. The molecule has 0 amide bonds. The SMILES string of the molecule is COc1ccc(C(OC[C@H]2O[C@@H](n3cnc4c(Sc5c[c]ccc5)ncnc43)C[C@@H]2O)(c2ccccc2)c2ccc(OC)cc2)cc1. The lowest BCUT2D eigenvalue weighted by Crippen LogP contribution is -2.38. The maximum Gasteiger partial charge on any atom is 0.166 e. The van der Waals surface area contributed by atoms with Gasteiger partial charge in [0.2, 0.25) is 0 Å². The molecule has 1 saturated heterocycles. The number of benzene rings is 4. The van der Waals surface area contributed by atoms with E-state index in [1.165, 1.54) is 18.1 Å². The number of nitrogens with zero attached hydrogens (tertiary/aromatic N) is 4. The second kappa shape index (κ2) is 13.5. The second-order valence-corrected chi connectivity index (χ2v) is 12.2. The first-order valence-electron chi connectivity index (χ1n) is 15.2. The predicted octanol–water partition coefficient (Wildman–Crippen LogP) is 6.45. The minimum Gasteiger partial charge on any atom is -0.497 e. The van der Waals surface area contributed by atoms with Crippen LogP contribution in [0.3, 0.4) is 0 Å². The topological polar surface area (TPSA) is 101 Å². The summed E-state index contributed by atoms with van der Waals surface area (Å²) in [7, 11) is 3.29. The molecule has 47 heavy (non-hydrogen) atoms. The van der Waals surface area contributed by atoms with Crippen LogP contribution >= 0.6 is 11.8 Å². The molecule has 1 aliphatic heterocycles. The molecule has 2 aromatic heterocycles. The lowest BCUT2D eigenvalue weighted by Gasteiger charge is -2.37. The molecule has 0 unspecified atom stereocenters. The van der Waals surface area contributed by atoms with Gasteiger partial charge in [-0.3, -0.25) is 4.57 Å². The zero-order chi connectivity index (χ0) is 32.2. The molecule has 0 saturated carbocycles. The number of rotatable bonds is 11. The Bertz CT molecular complexity index is 1870. The number of hydrogen-bond acceptors (Lipinski definition) is 9. The van der Waals surface area contributed by atoms with Crippen LogP contribution in [0.15, 0.2) is 126 Å². The van der Waals surface area contributed by atoms with Crippen LogP contribution < -0.4 is 9.47 Å². The molecule has 237 valence electrons. The van der Waals surface area contributed by atoms with Crippen molar-refractivity contribution in [2.24, 2.45) is 0 Å². The van der Waals surface area contributed by atoms with Gasteiger partial charge >= 0.3 is 0 Å². The van der Waals surface area contributed by atoms with Crippen LogP contribution in [-0.2, 0) is 15.1 Å². The summed E-state index contributed by atoms with van der Waals surface area (Å²) in [6.45, 7) is 0.109. The summed E-state index contributed by atoms with van der Waals surface area (Å²) in [6.07, 6.45) is 1.68. The van der Waals surface area contributed by atoms with E-state index in [1.54, 1.807) is 20.5 Å². The average Bonchev–Trinajstić information content (AvgIpc) is 3.73. The van der Waals surface area contributed by atoms with Gasteiger partial charge in [0.25, 0.3) is 0 Å². The molecule has 1 N–H and O–H groups in total. The number of aromatic nitrogens is 4. The van der Waals surface area contributed by atoms with Crippen molar-refractivity contribution in [1.29, 1.82) is 0 Å². The Balaban J connectivity index is 1.20. The molecular weight excluding hydrogens is 612 g/mol. The second-order valence-electron chi connectivity index (χ2n) is 11.1. The Morgan fingerprint density at radius 2 is 1.55 bits per heavy atom. The molecule has 10 heteroatoms. The lowest BCUT2D eigenvalue weighted by atomic mass is 9.80. The standard InChI is InChI=1S/C37H33N4O5S/c1-43-28-17-13-26(14-18-28)37(25-9-5-3-6-10-25,27-15-19-29(44-2)20-16-27)45-22-32-31(42)21-33(46-32)41-24-40-34-35(41)38-23-39-36(34)47-30-11-7-4-8-12-30/h3-7,9-20,23-24,31-33,42H,21-22H2,1-2H3/t31-,32+,33+/m0/s1. The van der Waals surface area contributed by atoms with Crippen molar-refractivity contribution >= 4 is 22.9 Å². The Morgan fingerprint density at radius 3 is 2.19 bits per heavy atom. The smallest absolute Gasteiger partial charge is 0.166 e. The summed E-state index contributed by atoms with van der Waals surface area (Å²) in [5.74, 6) is 1.48. The van der Waals surface area contributed by atoms with E-state index in [1.807, 2.05) is 108 Å². The summed E-state index contributed by atoms with van der Waals surface area (Å²) < 4.78 is 26.3. The van der Waals surface area contributed by atoms with Gasteiger partial charge in [0, 0.05) is 11.3 Å². The molecule has 4 aromatic carbocycles. The molecule has 1 aliphatic rings. The zero-order valence-corrected chi connectivity index (χ0v) is 26.7. The molecule has 7 rings (SSSR count). The molecule has 9 nitrogen and oxygen atoms in total. The highest BCUT2D eigenvalue weighted by Crippen LogP contribution is 2.43. The van der Waals surface area contributed by atoms with Crippen LogP contribution in [0.2, 0.25) is 0 Å². The fourth-order valence-corrected chi connectivity index (χ4v) is 6.82. The maximum absolute atomic E-state index is 11.3. The molecular formula is C37H33N4O5S. The van der Waals surface area contributed by atoms with Gasteiger partial charge in [-0.2, -0.15) is 0 Å². The number of aliphatic hydroxyl groups excluding tert-OH is 1. The van der Waals surface area contributed by atoms with Crippen LogP contribution in [0.25, 0.3) is 11.2 Å². The number of imidazole rings is 1. The van der Waals surface area contributed by atoms with Gasteiger partial charge in [-0.25, -0.2) is 15.0 Å². The molecule has 3 heterocycles. The van der Waals surface area contributed by atoms with Crippen LogP contribution in [0.1, 0.15) is 29.3 Å². The van der Waals surface area contributed by atoms with Gasteiger partial charge in [0.1, 0.15) is 46.3 Å². The van der Waals surface area contributed by atoms with Gasteiger partial charge in [-0.1, -0.05) is 78.5 Å². The minimum atomic E-state index is -1.03. The monoisotopic (exact) mass is 645 g/mol. The number of ether oxygens (including phenoxy) is 4. The van der Waals surface area contributed by atoms with Crippen LogP contribution in [0.4, 0.5) is 0 Å². The lowest BCUT2D eigenvalue weighted by molar-refractivity contribution is -0.0931. The first-order chi connectivity index (χ1) is 23.1. The first kappa shape index (κ1) is 30.9. The van der Waals surface area contributed by atoms with Crippen molar-refractivity contribution in [3.8, 4) is 11.5 Å². The van der Waals surface area contributed by atoms with E-state index in [2.05, 4.69) is 21.0 Å². The Kier molecular flexibility index (Phi) is 8.90. The van der Waals surface area contributed by atoms with Gasteiger partial charge in [-0.15, -0.1) is 0 Å². The molecule has 0 aliphatic carbocycles. The average molecular weight is 646 g/mol. The summed E-state index contributed by atoms with van der Waals surface area (Å²) in [4.78, 5) is 14.6. The summed E-state index contributed by atoms with van der Waals surface area (Å²) in [6, 6.07) is 36.6. The zero-order valence-electron chi connectivity index (χ0n) is 25.9. The van der Waals surface area contributed by atoms with E-state index in [0.29, 0.717) is 17.6 Å². The quantitative estimate of drug-likeness (QED) is 0.126. The number of hydrogen-bond donors (Lipinski definition) is 1. The Morgan fingerprint density at radius 1 is 0.872 bits per heavy atom. The predicted molar refractivity (Wildman–Crippen MR) is 178 cm³/mol. The number of methoxy groups -OCH3 is 2. The Labute approximate surface area is 277 Å². The summed E-state index contributed by atoms with van der Waals surface area (Å²) in [5, 5.41) is 12.0. The molecule has 0 spiro atoms. The van der Waals surface area contributed by atoms with Gasteiger partial charge in [-0.05, 0) is 59.2 Å². The van der Waals surface area contributed by atoms with E-state index >= 15 is 0 Å². The fraction of sp³-hybridized carbons (Fsp3) is 0.216. The van der Waals surface area contributed by atoms with Crippen molar-refractivity contribution in [3.63, 3.8) is 0 Å². The van der Waals surface area contributed by atoms with Crippen LogP contribution in [0.5, 0.6) is 11.5 Å². The summed E-state index contributed by atoms with van der Waals surface area (Å²) >= 11 is 1.50. The van der Waals surface area contributed by atoms with E-state index in [0.717, 1.165) is 38.1 Å². The van der Waals surface area contributed by atoms with Gasteiger partial charge in [0.15, 0.2) is 5.65 Å². The van der Waals surface area contributed by atoms with Crippen molar-refractivity contribution in [1.82, 2.24) is 19.5 Å². The normalized spacial score (nSPS) is 18.0.